The molecule has 0 N–H and O–H groups in total. The Morgan fingerprint density at radius 3 is 1.35 bits per heavy atom. The third kappa shape index (κ3) is 4.98. The van der Waals surface area contributed by atoms with Crippen molar-refractivity contribution >= 4 is 17.1 Å². The van der Waals surface area contributed by atoms with Crippen LogP contribution in [0.25, 0.3) is 44.5 Å². The van der Waals surface area contributed by atoms with Gasteiger partial charge in [0.2, 0.25) is 0 Å². The summed E-state index contributed by atoms with van der Waals surface area (Å²) in [5.74, 6) is 0. The molecule has 51 heavy (non-hydrogen) atoms. The van der Waals surface area contributed by atoms with Crippen LogP contribution >= 0.6 is 0 Å². The minimum absolute atomic E-state index is 0.0841. The highest BCUT2D eigenvalue weighted by atomic mass is 15.1. The minimum atomic E-state index is -0.0841. The maximum absolute atomic E-state index is 2.46. The zero-order valence-electron chi connectivity index (χ0n) is 30.4. The minimum Gasteiger partial charge on any atom is -0.310 e. The molecule has 0 unspecified atom stereocenters. The van der Waals surface area contributed by atoms with Gasteiger partial charge in [-0.2, -0.15) is 0 Å². The van der Waals surface area contributed by atoms with Gasteiger partial charge in [-0.3, -0.25) is 0 Å². The smallest absolute Gasteiger partial charge is 0.0465 e. The average Bonchev–Trinajstić information content (AvgIpc) is 3.51. The molecule has 0 heterocycles. The Hall–Kier alpha value is -5.66. The van der Waals surface area contributed by atoms with Gasteiger partial charge in [-0.05, 0) is 129 Å². The van der Waals surface area contributed by atoms with Gasteiger partial charge in [0.25, 0.3) is 0 Å². The average molecular weight is 658 g/mol. The predicted octanol–water partition coefficient (Wildman–Crippen LogP) is 13.7. The van der Waals surface area contributed by atoms with Crippen LogP contribution in [0.15, 0.2) is 152 Å². The van der Waals surface area contributed by atoms with Crippen LogP contribution in [0.2, 0.25) is 0 Å². The number of benzene rings is 7. The molecule has 0 atom stereocenters. The molecule has 0 amide bonds. The topological polar surface area (TPSA) is 3.24 Å². The van der Waals surface area contributed by atoms with E-state index < -0.39 is 0 Å². The lowest BCUT2D eigenvalue weighted by atomic mass is 9.82. The maximum Gasteiger partial charge on any atom is 0.0465 e. The number of hydrogen-bond donors (Lipinski definition) is 0. The number of fused-ring (bicyclic) bond motifs is 6. The second kappa shape index (κ2) is 11.4. The Balaban J connectivity index is 1.17. The molecule has 248 valence electrons. The fourth-order valence-corrected chi connectivity index (χ4v) is 8.85. The Morgan fingerprint density at radius 2 is 0.804 bits per heavy atom. The van der Waals surface area contributed by atoms with Gasteiger partial charge in [-0.15, -0.1) is 0 Å². The van der Waals surface area contributed by atoms with Crippen LogP contribution < -0.4 is 4.90 Å². The van der Waals surface area contributed by atoms with Crippen LogP contribution in [0.1, 0.15) is 61.1 Å². The summed E-state index contributed by atoms with van der Waals surface area (Å²) in [6.45, 7) is 13.8. The van der Waals surface area contributed by atoms with E-state index >= 15 is 0 Å². The molecule has 0 saturated carbocycles. The molecule has 0 aliphatic heterocycles. The van der Waals surface area contributed by atoms with Gasteiger partial charge in [-0.25, -0.2) is 0 Å². The predicted molar refractivity (Wildman–Crippen MR) is 217 cm³/mol. The van der Waals surface area contributed by atoms with Crippen molar-refractivity contribution in [1.29, 1.82) is 0 Å². The fourth-order valence-electron chi connectivity index (χ4n) is 8.85. The van der Waals surface area contributed by atoms with Crippen LogP contribution in [-0.2, 0) is 10.8 Å². The normalized spacial score (nSPS) is 14.4. The van der Waals surface area contributed by atoms with E-state index in [2.05, 4.69) is 198 Å². The Bertz CT molecular complexity index is 2390. The van der Waals surface area contributed by atoms with Gasteiger partial charge < -0.3 is 4.90 Å². The Kier molecular flexibility index (Phi) is 7.03. The monoisotopic (exact) mass is 657 g/mol. The summed E-state index contributed by atoms with van der Waals surface area (Å²) >= 11 is 0. The van der Waals surface area contributed by atoms with Crippen LogP contribution in [0.5, 0.6) is 0 Å². The third-order valence-corrected chi connectivity index (χ3v) is 11.5. The van der Waals surface area contributed by atoms with E-state index in [9.17, 15) is 0 Å². The van der Waals surface area contributed by atoms with Crippen molar-refractivity contribution < 1.29 is 0 Å². The standard InChI is InChI=1S/C50H43N/c1-32-12-11-13-35(26-32)37-28-33(2)27-36(29-37)34-18-20-38(21-19-34)51(39-22-24-43-41-14-7-9-16-45(41)49(3,4)47(43)30-39)40-23-25-44-42-15-8-10-17-46(42)50(5,6)48(44)31-40/h7-31H,1-6H3. The molecular weight excluding hydrogens is 615 g/mol. The summed E-state index contributed by atoms with van der Waals surface area (Å²) in [7, 11) is 0. The summed E-state index contributed by atoms with van der Waals surface area (Å²) < 4.78 is 0. The highest BCUT2D eigenvalue weighted by molar-refractivity contribution is 5.88. The molecule has 2 aliphatic carbocycles. The largest absolute Gasteiger partial charge is 0.310 e. The van der Waals surface area contributed by atoms with Crippen molar-refractivity contribution in [2.45, 2.75) is 52.4 Å². The van der Waals surface area contributed by atoms with Gasteiger partial charge in [-0.1, -0.05) is 142 Å². The summed E-state index contributed by atoms with van der Waals surface area (Å²) in [6, 6.07) is 56.8. The SMILES string of the molecule is Cc1cccc(-c2cc(C)cc(-c3ccc(N(c4ccc5c(c4)C(C)(C)c4ccccc4-5)c4ccc5c(c4)C(C)(C)c4ccccc4-5)cc3)c2)c1. The van der Waals surface area contributed by atoms with Crippen molar-refractivity contribution in [3.8, 4) is 44.5 Å². The van der Waals surface area contributed by atoms with Crippen molar-refractivity contribution in [3.05, 3.63) is 185 Å². The number of hydrogen-bond acceptors (Lipinski definition) is 1. The molecule has 0 saturated heterocycles. The molecule has 0 bridgehead atoms. The van der Waals surface area contributed by atoms with Crippen LogP contribution in [0.4, 0.5) is 17.1 Å². The first-order valence-electron chi connectivity index (χ1n) is 18.2. The number of nitrogens with zero attached hydrogens (tertiary/aromatic N) is 1. The lowest BCUT2D eigenvalue weighted by molar-refractivity contribution is 0.660. The van der Waals surface area contributed by atoms with E-state index in [0.717, 1.165) is 5.69 Å². The van der Waals surface area contributed by atoms with Crippen molar-refractivity contribution in [3.63, 3.8) is 0 Å². The highest BCUT2D eigenvalue weighted by Gasteiger charge is 2.37. The molecule has 2 aliphatic rings. The summed E-state index contributed by atoms with van der Waals surface area (Å²) in [5, 5.41) is 0. The Labute approximate surface area is 302 Å². The highest BCUT2D eigenvalue weighted by Crippen LogP contribution is 2.53. The zero-order chi connectivity index (χ0) is 35.1. The molecule has 1 nitrogen and oxygen atoms in total. The summed E-state index contributed by atoms with van der Waals surface area (Å²) in [5.41, 5.74) is 21.7. The molecule has 7 aromatic carbocycles. The van der Waals surface area contributed by atoms with Gasteiger partial charge in [0.05, 0.1) is 0 Å². The first-order chi connectivity index (χ1) is 24.6. The quantitative estimate of drug-likeness (QED) is 0.178. The van der Waals surface area contributed by atoms with E-state index in [1.54, 1.807) is 0 Å². The molecule has 7 aromatic rings. The number of anilines is 3. The van der Waals surface area contributed by atoms with E-state index in [4.69, 9.17) is 0 Å². The van der Waals surface area contributed by atoms with Crippen LogP contribution in [0.3, 0.4) is 0 Å². The summed E-state index contributed by atoms with van der Waals surface area (Å²) in [6.07, 6.45) is 0. The van der Waals surface area contributed by atoms with Gasteiger partial charge >= 0.3 is 0 Å². The molecule has 0 radical (unpaired) electrons. The molecular formula is C50H43N. The van der Waals surface area contributed by atoms with E-state index in [0.29, 0.717) is 0 Å². The van der Waals surface area contributed by atoms with Crippen molar-refractivity contribution in [2.75, 3.05) is 4.90 Å². The summed E-state index contributed by atoms with van der Waals surface area (Å²) in [4.78, 5) is 2.46. The van der Waals surface area contributed by atoms with E-state index in [1.165, 1.54) is 89.3 Å². The lowest BCUT2D eigenvalue weighted by Gasteiger charge is -2.30. The maximum atomic E-state index is 2.46. The molecule has 1 heteroatoms. The van der Waals surface area contributed by atoms with Crippen LogP contribution in [-0.4, -0.2) is 0 Å². The first-order valence-corrected chi connectivity index (χ1v) is 18.2. The van der Waals surface area contributed by atoms with Gasteiger partial charge in [0.1, 0.15) is 0 Å². The molecule has 0 aromatic heterocycles. The van der Waals surface area contributed by atoms with Crippen LogP contribution in [0, 0.1) is 13.8 Å². The van der Waals surface area contributed by atoms with Gasteiger partial charge in [0, 0.05) is 27.9 Å². The van der Waals surface area contributed by atoms with E-state index in [-0.39, 0.29) is 10.8 Å². The number of rotatable bonds is 5. The van der Waals surface area contributed by atoms with Crippen molar-refractivity contribution in [1.82, 2.24) is 0 Å². The van der Waals surface area contributed by atoms with Crippen molar-refractivity contribution in [2.24, 2.45) is 0 Å². The third-order valence-electron chi connectivity index (χ3n) is 11.5. The lowest BCUT2D eigenvalue weighted by Crippen LogP contribution is -2.18. The first kappa shape index (κ1) is 31.3. The molecule has 0 fully saturated rings. The fraction of sp³-hybridized carbons (Fsp3) is 0.160. The second-order valence-electron chi connectivity index (χ2n) is 15.6. The second-order valence-corrected chi connectivity index (χ2v) is 15.6. The Morgan fingerprint density at radius 1 is 0.333 bits per heavy atom. The number of aryl methyl sites for hydroxylation is 2. The molecule has 9 rings (SSSR count). The van der Waals surface area contributed by atoms with Gasteiger partial charge in [0.15, 0.2) is 0 Å². The zero-order valence-corrected chi connectivity index (χ0v) is 30.4. The van der Waals surface area contributed by atoms with E-state index in [1.807, 2.05) is 0 Å². The molecule has 0 spiro atoms.